The monoisotopic (exact) mass is 379 g/mol. The summed E-state index contributed by atoms with van der Waals surface area (Å²) in [7, 11) is 0. The fourth-order valence-corrected chi connectivity index (χ4v) is 3.87. The molecule has 1 N–H and O–H groups in total. The second-order valence-corrected chi connectivity index (χ2v) is 7.62. The van der Waals surface area contributed by atoms with Crippen LogP contribution in [0.1, 0.15) is 34.8 Å². The first-order valence-corrected chi connectivity index (χ1v) is 9.98. The first-order chi connectivity index (χ1) is 13.2. The van der Waals surface area contributed by atoms with Gasteiger partial charge in [-0.05, 0) is 32.3 Å². The average Bonchev–Trinajstić information content (AvgIpc) is 3.15. The van der Waals surface area contributed by atoms with Gasteiger partial charge in [-0.15, -0.1) is 11.3 Å². The SMILES string of the molecule is Cc1nc(-c2ccccc2NC(=O)c2cc(N3CCCCC3)ncn2)cs1. The number of aromatic nitrogens is 3. The van der Waals surface area contributed by atoms with Crippen LogP contribution in [0.5, 0.6) is 0 Å². The quantitative estimate of drug-likeness (QED) is 0.737. The minimum Gasteiger partial charge on any atom is -0.357 e. The summed E-state index contributed by atoms with van der Waals surface area (Å²) in [5.41, 5.74) is 2.87. The molecule has 0 bridgehead atoms. The molecule has 0 aliphatic carbocycles. The van der Waals surface area contributed by atoms with Gasteiger partial charge in [0.1, 0.15) is 17.8 Å². The van der Waals surface area contributed by atoms with Gasteiger partial charge in [-0.3, -0.25) is 4.79 Å². The second-order valence-electron chi connectivity index (χ2n) is 6.56. The molecular formula is C20H21N5OS. The van der Waals surface area contributed by atoms with Gasteiger partial charge >= 0.3 is 0 Å². The van der Waals surface area contributed by atoms with Gasteiger partial charge in [0.25, 0.3) is 5.91 Å². The number of rotatable bonds is 4. The highest BCUT2D eigenvalue weighted by molar-refractivity contribution is 7.09. The largest absolute Gasteiger partial charge is 0.357 e. The molecule has 0 saturated carbocycles. The van der Waals surface area contributed by atoms with Gasteiger partial charge in [0, 0.05) is 30.1 Å². The molecule has 1 fully saturated rings. The van der Waals surface area contributed by atoms with Gasteiger partial charge in [0.2, 0.25) is 0 Å². The molecule has 2 aromatic heterocycles. The van der Waals surface area contributed by atoms with Crippen LogP contribution in [0, 0.1) is 6.92 Å². The lowest BCUT2D eigenvalue weighted by Gasteiger charge is -2.27. The standard InChI is InChI=1S/C20H21N5OS/c1-14-23-18(12-27-14)15-7-3-4-8-16(15)24-20(26)17-11-19(22-13-21-17)25-9-5-2-6-10-25/h3-4,7-8,11-13H,2,5-6,9-10H2,1H3,(H,24,26). The van der Waals surface area contributed by atoms with Crippen LogP contribution in [0.2, 0.25) is 0 Å². The van der Waals surface area contributed by atoms with Crippen molar-refractivity contribution in [1.29, 1.82) is 0 Å². The van der Waals surface area contributed by atoms with E-state index in [1.54, 1.807) is 17.4 Å². The molecule has 3 aromatic rings. The van der Waals surface area contributed by atoms with Crippen molar-refractivity contribution in [2.45, 2.75) is 26.2 Å². The number of amides is 1. The lowest BCUT2D eigenvalue weighted by atomic mass is 10.1. The van der Waals surface area contributed by atoms with Crippen LogP contribution >= 0.6 is 11.3 Å². The van der Waals surface area contributed by atoms with Gasteiger partial charge < -0.3 is 10.2 Å². The number of carbonyl (C=O) groups excluding carboxylic acids is 1. The molecule has 1 aliphatic rings. The maximum atomic E-state index is 12.8. The number of benzene rings is 1. The third-order valence-corrected chi connectivity index (χ3v) is 5.41. The lowest BCUT2D eigenvalue weighted by Crippen LogP contribution is -2.30. The number of aryl methyl sites for hydroxylation is 1. The number of hydrogen-bond acceptors (Lipinski definition) is 6. The average molecular weight is 379 g/mol. The normalized spacial score (nSPS) is 14.2. The van der Waals surface area contributed by atoms with E-state index in [-0.39, 0.29) is 5.91 Å². The highest BCUT2D eigenvalue weighted by Crippen LogP contribution is 2.29. The van der Waals surface area contributed by atoms with Crippen molar-refractivity contribution in [3.05, 3.63) is 52.7 Å². The van der Waals surface area contributed by atoms with E-state index in [1.807, 2.05) is 36.6 Å². The van der Waals surface area contributed by atoms with E-state index >= 15 is 0 Å². The van der Waals surface area contributed by atoms with Crippen LogP contribution in [0.3, 0.4) is 0 Å². The summed E-state index contributed by atoms with van der Waals surface area (Å²) in [6, 6.07) is 9.46. The van der Waals surface area contributed by atoms with Crippen molar-refractivity contribution in [3.8, 4) is 11.3 Å². The van der Waals surface area contributed by atoms with Crippen molar-refractivity contribution in [3.63, 3.8) is 0 Å². The molecular weight excluding hydrogens is 358 g/mol. The number of piperidine rings is 1. The first-order valence-electron chi connectivity index (χ1n) is 9.10. The zero-order chi connectivity index (χ0) is 18.6. The number of nitrogens with zero attached hydrogens (tertiary/aromatic N) is 4. The number of hydrogen-bond donors (Lipinski definition) is 1. The zero-order valence-electron chi connectivity index (χ0n) is 15.2. The summed E-state index contributed by atoms with van der Waals surface area (Å²) in [5.74, 6) is 0.577. The Hall–Kier alpha value is -2.80. The van der Waals surface area contributed by atoms with Gasteiger partial charge in [-0.2, -0.15) is 0 Å². The Bertz CT molecular complexity index is 949. The molecule has 27 heavy (non-hydrogen) atoms. The Morgan fingerprint density at radius 1 is 1.15 bits per heavy atom. The fraction of sp³-hybridized carbons (Fsp3) is 0.300. The Labute approximate surface area is 162 Å². The minimum atomic E-state index is -0.241. The summed E-state index contributed by atoms with van der Waals surface area (Å²) < 4.78 is 0. The summed E-state index contributed by atoms with van der Waals surface area (Å²) in [5, 5.41) is 5.97. The van der Waals surface area contributed by atoms with Crippen molar-refractivity contribution in [1.82, 2.24) is 15.0 Å². The molecule has 7 heteroatoms. The van der Waals surface area contributed by atoms with E-state index in [2.05, 4.69) is 25.2 Å². The fourth-order valence-electron chi connectivity index (χ4n) is 3.26. The Morgan fingerprint density at radius 3 is 2.74 bits per heavy atom. The molecule has 1 aromatic carbocycles. The lowest BCUT2D eigenvalue weighted by molar-refractivity contribution is 0.102. The third-order valence-electron chi connectivity index (χ3n) is 4.64. The zero-order valence-corrected chi connectivity index (χ0v) is 16.0. The molecule has 0 radical (unpaired) electrons. The Morgan fingerprint density at radius 2 is 1.96 bits per heavy atom. The summed E-state index contributed by atoms with van der Waals surface area (Å²) in [6.45, 7) is 3.92. The third kappa shape index (κ3) is 3.98. The predicted molar refractivity (Wildman–Crippen MR) is 108 cm³/mol. The summed E-state index contributed by atoms with van der Waals surface area (Å²) in [6.07, 6.45) is 5.04. The van der Waals surface area contributed by atoms with Crippen molar-refractivity contribution < 1.29 is 4.79 Å². The predicted octanol–water partition coefficient (Wildman–Crippen LogP) is 4.15. The van der Waals surface area contributed by atoms with Crippen LogP contribution in [-0.4, -0.2) is 33.9 Å². The molecule has 4 rings (SSSR count). The number of nitrogens with one attached hydrogen (secondary N) is 1. The molecule has 138 valence electrons. The Kier molecular flexibility index (Phi) is 5.11. The second kappa shape index (κ2) is 7.84. The molecule has 0 spiro atoms. The van der Waals surface area contributed by atoms with Crippen LogP contribution < -0.4 is 10.2 Å². The first kappa shape index (κ1) is 17.6. The number of para-hydroxylation sites is 1. The van der Waals surface area contributed by atoms with Gasteiger partial charge in [0.05, 0.1) is 16.4 Å². The summed E-state index contributed by atoms with van der Waals surface area (Å²) >= 11 is 1.59. The highest BCUT2D eigenvalue weighted by atomic mass is 32.1. The molecule has 1 saturated heterocycles. The van der Waals surface area contributed by atoms with Crippen LogP contribution in [-0.2, 0) is 0 Å². The van der Waals surface area contributed by atoms with E-state index < -0.39 is 0 Å². The highest BCUT2D eigenvalue weighted by Gasteiger charge is 2.17. The van der Waals surface area contributed by atoms with Crippen LogP contribution in [0.15, 0.2) is 42.0 Å². The number of thiazole rings is 1. The maximum Gasteiger partial charge on any atom is 0.274 e. The van der Waals surface area contributed by atoms with Crippen LogP contribution in [0.4, 0.5) is 11.5 Å². The number of anilines is 2. The van der Waals surface area contributed by atoms with E-state index in [9.17, 15) is 4.79 Å². The Balaban J connectivity index is 1.56. The van der Waals surface area contributed by atoms with Gasteiger partial charge in [0.15, 0.2) is 0 Å². The molecule has 1 aliphatic heterocycles. The van der Waals surface area contributed by atoms with Crippen molar-refractivity contribution >= 4 is 28.7 Å². The summed E-state index contributed by atoms with van der Waals surface area (Å²) in [4.78, 5) is 28.1. The number of carbonyl (C=O) groups is 1. The molecule has 3 heterocycles. The van der Waals surface area contributed by atoms with E-state index in [0.29, 0.717) is 5.69 Å². The van der Waals surface area contributed by atoms with Gasteiger partial charge in [-0.25, -0.2) is 15.0 Å². The topological polar surface area (TPSA) is 71.0 Å². The van der Waals surface area contributed by atoms with Crippen LogP contribution in [0.25, 0.3) is 11.3 Å². The van der Waals surface area contributed by atoms with E-state index in [0.717, 1.165) is 53.7 Å². The smallest absolute Gasteiger partial charge is 0.274 e. The van der Waals surface area contributed by atoms with Gasteiger partial charge in [-0.1, -0.05) is 18.2 Å². The molecule has 0 atom stereocenters. The van der Waals surface area contributed by atoms with E-state index in [4.69, 9.17) is 0 Å². The molecule has 0 unspecified atom stereocenters. The van der Waals surface area contributed by atoms with Crippen molar-refractivity contribution in [2.24, 2.45) is 0 Å². The van der Waals surface area contributed by atoms with Crippen molar-refractivity contribution in [2.75, 3.05) is 23.3 Å². The molecule has 6 nitrogen and oxygen atoms in total. The maximum absolute atomic E-state index is 12.8. The van der Waals surface area contributed by atoms with E-state index in [1.165, 1.54) is 12.7 Å². The minimum absolute atomic E-state index is 0.241. The molecule has 1 amide bonds.